The van der Waals surface area contributed by atoms with Gasteiger partial charge in [0, 0.05) is 18.2 Å². The highest BCUT2D eigenvalue weighted by Gasteiger charge is 2.13. The molecule has 0 bridgehead atoms. The molecule has 7 heteroatoms. The van der Waals surface area contributed by atoms with Crippen LogP contribution in [0.15, 0.2) is 60.7 Å². The Balaban J connectivity index is 1.64. The SMILES string of the molecule is C[C@@H](NCC(=O)Nc1ccc([N+](=O)[O-])cc1Cl)c1cccc2ccccc12. The average molecular weight is 384 g/mol. The number of fused-ring (bicyclic) bond motifs is 1. The summed E-state index contributed by atoms with van der Waals surface area (Å²) < 4.78 is 0. The molecule has 138 valence electrons. The van der Waals surface area contributed by atoms with Gasteiger partial charge in [-0.15, -0.1) is 0 Å². The van der Waals surface area contributed by atoms with Crippen molar-refractivity contribution in [1.29, 1.82) is 0 Å². The first kappa shape index (κ1) is 18.8. The number of halogens is 1. The van der Waals surface area contributed by atoms with E-state index in [1.165, 1.54) is 18.2 Å². The van der Waals surface area contributed by atoms with Crippen LogP contribution in [0, 0.1) is 10.1 Å². The Labute approximate surface area is 161 Å². The lowest BCUT2D eigenvalue weighted by Gasteiger charge is -2.16. The fraction of sp³-hybridized carbons (Fsp3) is 0.150. The summed E-state index contributed by atoms with van der Waals surface area (Å²) in [5.74, 6) is -0.280. The Morgan fingerprint density at radius 1 is 1.15 bits per heavy atom. The van der Waals surface area contributed by atoms with Crippen LogP contribution in [-0.2, 0) is 4.79 Å². The molecule has 0 aromatic heterocycles. The lowest BCUT2D eigenvalue weighted by atomic mass is 10.00. The van der Waals surface area contributed by atoms with Gasteiger partial charge >= 0.3 is 0 Å². The van der Waals surface area contributed by atoms with Crippen molar-refractivity contribution in [1.82, 2.24) is 5.32 Å². The third-order valence-electron chi connectivity index (χ3n) is 4.30. The average Bonchev–Trinajstić information content (AvgIpc) is 2.67. The van der Waals surface area contributed by atoms with Gasteiger partial charge < -0.3 is 10.6 Å². The van der Waals surface area contributed by atoms with Gasteiger partial charge in [0.15, 0.2) is 0 Å². The summed E-state index contributed by atoms with van der Waals surface area (Å²) in [6.45, 7) is 2.08. The van der Waals surface area contributed by atoms with Gasteiger partial charge in [0.2, 0.25) is 5.91 Å². The van der Waals surface area contributed by atoms with E-state index in [1.807, 2.05) is 31.2 Å². The maximum atomic E-state index is 12.2. The summed E-state index contributed by atoms with van der Waals surface area (Å²) >= 11 is 6.00. The largest absolute Gasteiger partial charge is 0.324 e. The van der Waals surface area contributed by atoms with E-state index in [4.69, 9.17) is 11.6 Å². The number of nitro benzene ring substituents is 1. The summed E-state index contributed by atoms with van der Waals surface area (Å²) in [5.41, 5.74) is 1.32. The standard InChI is InChI=1S/C20H18ClN3O3/c1-13(16-8-4-6-14-5-2-3-7-17(14)16)22-12-20(25)23-19-10-9-15(24(26)27)11-18(19)21/h2-11,13,22H,12H2,1H3,(H,23,25)/t13-/m1/s1. The molecule has 0 saturated carbocycles. The Morgan fingerprint density at radius 2 is 1.89 bits per heavy atom. The number of amides is 1. The zero-order chi connectivity index (χ0) is 19.4. The Hall–Kier alpha value is -2.96. The van der Waals surface area contributed by atoms with Crippen molar-refractivity contribution >= 4 is 39.7 Å². The van der Waals surface area contributed by atoms with E-state index in [1.54, 1.807) is 0 Å². The Morgan fingerprint density at radius 3 is 2.63 bits per heavy atom. The molecule has 3 aromatic rings. The molecule has 0 heterocycles. The maximum Gasteiger partial charge on any atom is 0.271 e. The van der Waals surface area contributed by atoms with Crippen LogP contribution >= 0.6 is 11.6 Å². The number of hydrogen-bond donors (Lipinski definition) is 2. The van der Waals surface area contributed by atoms with Crippen molar-refractivity contribution in [2.75, 3.05) is 11.9 Å². The number of nitro groups is 1. The van der Waals surface area contributed by atoms with Crippen LogP contribution in [0.5, 0.6) is 0 Å². The van der Waals surface area contributed by atoms with Crippen LogP contribution in [0.3, 0.4) is 0 Å². The highest BCUT2D eigenvalue weighted by atomic mass is 35.5. The van der Waals surface area contributed by atoms with Crippen LogP contribution < -0.4 is 10.6 Å². The number of non-ortho nitro benzene ring substituents is 1. The second-order valence-corrected chi connectivity index (χ2v) is 6.55. The fourth-order valence-electron chi connectivity index (χ4n) is 2.90. The van der Waals surface area contributed by atoms with E-state index in [-0.39, 0.29) is 29.2 Å². The van der Waals surface area contributed by atoms with E-state index < -0.39 is 4.92 Å². The van der Waals surface area contributed by atoms with Gasteiger partial charge in [-0.3, -0.25) is 14.9 Å². The molecular weight excluding hydrogens is 366 g/mol. The molecule has 0 radical (unpaired) electrons. The zero-order valence-electron chi connectivity index (χ0n) is 14.6. The molecule has 1 amide bonds. The Bertz CT molecular complexity index is 1000. The molecule has 3 aromatic carbocycles. The molecule has 0 aliphatic heterocycles. The molecule has 1 atom stereocenters. The molecule has 0 spiro atoms. The van der Waals surface area contributed by atoms with Gasteiger partial charge in [0.25, 0.3) is 5.69 Å². The number of carbonyl (C=O) groups excluding carboxylic acids is 1. The number of carbonyl (C=O) groups is 1. The van der Waals surface area contributed by atoms with Gasteiger partial charge in [-0.2, -0.15) is 0 Å². The van der Waals surface area contributed by atoms with E-state index in [2.05, 4.69) is 28.8 Å². The van der Waals surface area contributed by atoms with Crippen LogP contribution in [-0.4, -0.2) is 17.4 Å². The second kappa shape index (κ2) is 8.16. The highest BCUT2D eigenvalue weighted by Crippen LogP contribution is 2.27. The number of benzene rings is 3. The van der Waals surface area contributed by atoms with E-state index >= 15 is 0 Å². The van der Waals surface area contributed by atoms with Crippen LogP contribution in [0.4, 0.5) is 11.4 Å². The number of nitrogens with zero attached hydrogens (tertiary/aromatic N) is 1. The van der Waals surface area contributed by atoms with E-state index in [9.17, 15) is 14.9 Å². The maximum absolute atomic E-state index is 12.2. The molecular formula is C20H18ClN3O3. The van der Waals surface area contributed by atoms with Crippen molar-refractivity contribution in [3.63, 3.8) is 0 Å². The molecule has 0 unspecified atom stereocenters. The monoisotopic (exact) mass is 383 g/mol. The normalized spacial score (nSPS) is 11.9. The van der Waals surface area contributed by atoms with Crippen LogP contribution in [0.2, 0.25) is 5.02 Å². The lowest BCUT2D eigenvalue weighted by molar-refractivity contribution is -0.384. The highest BCUT2D eigenvalue weighted by molar-refractivity contribution is 6.34. The van der Waals surface area contributed by atoms with Crippen molar-refractivity contribution in [3.8, 4) is 0 Å². The molecule has 2 N–H and O–H groups in total. The first-order chi connectivity index (χ1) is 13.0. The molecule has 3 rings (SSSR count). The summed E-state index contributed by atoms with van der Waals surface area (Å²) in [6, 6.07) is 18.1. The minimum atomic E-state index is -0.537. The lowest BCUT2D eigenvalue weighted by Crippen LogP contribution is -2.30. The summed E-state index contributed by atoms with van der Waals surface area (Å²) in [4.78, 5) is 22.4. The van der Waals surface area contributed by atoms with Gasteiger partial charge in [0.1, 0.15) is 0 Å². The van der Waals surface area contributed by atoms with Crippen LogP contribution in [0.1, 0.15) is 18.5 Å². The van der Waals surface area contributed by atoms with Gasteiger partial charge in [-0.05, 0) is 29.3 Å². The second-order valence-electron chi connectivity index (χ2n) is 6.14. The molecule has 6 nitrogen and oxygen atoms in total. The zero-order valence-corrected chi connectivity index (χ0v) is 15.4. The van der Waals surface area contributed by atoms with Gasteiger partial charge in [0.05, 0.1) is 22.2 Å². The minimum absolute atomic E-state index is 0.0332. The van der Waals surface area contributed by atoms with E-state index in [0.717, 1.165) is 16.3 Å². The fourth-order valence-corrected chi connectivity index (χ4v) is 3.12. The topological polar surface area (TPSA) is 84.3 Å². The molecule has 0 aliphatic carbocycles. The van der Waals surface area contributed by atoms with Gasteiger partial charge in [-0.1, -0.05) is 54.1 Å². The predicted molar refractivity (Wildman–Crippen MR) is 107 cm³/mol. The third kappa shape index (κ3) is 4.42. The van der Waals surface area contributed by atoms with Gasteiger partial charge in [-0.25, -0.2) is 0 Å². The van der Waals surface area contributed by atoms with Crippen molar-refractivity contribution in [2.45, 2.75) is 13.0 Å². The number of rotatable bonds is 6. The molecule has 0 fully saturated rings. The van der Waals surface area contributed by atoms with Crippen molar-refractivity contribution < 1.29 is 9.72 Å². The van der Waals surface area contributed by atoms with E-state index in [0.29, 0.717) is 5.69 Å². The third-order valence-corrected chi connectivity index (χ3v) is 4.61. The summed E-state index contributed by atoms with van der Waals surface area (Å²) in [6.07, 6.45) is 0. The first-order valence-corrected chi connectivity index (χ1v) is 8.78. The smallest absolute Gasteiger partial charge is 0.271 e. The quantitative estimate of drug-likeness (QED) is 0.477. The Kier molecular flexibility index (Phi) is 5.69. The molecule has 0 aliphatic rings. The number of nitrogens with one attached hydrogen (secondary N) is 2. The first-order valence-electron chi connectivity index (χ1n) is 8.40. The summed E-state index contributed by atoms with van der Waals surface area (Å²) in [7, 11) is 0. The summed E-state index contributed by atoms with van der Waals surface area (Å²) in [5, 5.41) is 19.0. The minimum Gasteiger partial charge on any atom is -0.324 e. The van der Waals surface area contributed by atoms with Crippen molar-refractivity contribution in [2.24, 2.45) is 0 Å². The van der Waals surface area contributed by atoms with Crippen LogP contribution in [0.25, 0.3) is 10.8 Å². The molecule has 0 saturated heterocycles. The number of anilines is 1. The van der Waals surface area contributed by atoms with Crippen molar-refractivity contribution in [3.05, 3.63) is 81.4 Å². The number of hydrogen-bond acceptors (Lipinski definition) is 4. The predicted octanol–water partition coefficient (Wildman–Crippen LogP) is 4.69. The molecule has 27 heavy (non-hydrogen) atoms.